The predicted octanol–water partition coefficient (Wildman–Crippen LogP) is 1.91. The first-order valence-electron chi connectivity index (χ1n) is 14.1. The van der Waals surface area contributed by atoms with Crippen LogP contribution < -0.4 is 26.6 Å². The number of ketones is 1. The van der Waals surface area contributed by atoms with Crippen molar-refractivity contribution in [3.05, 3.63) is 0 Å². The van der Waals surface area contributed by atoms with E-state index in [1.807, 2.05) is 0 Å². The number of rotatable bonds is 11. The lowest BCUT2D eigenvalue weighted by Gasteiger charge is -2.46. The number of piperidine rings is 2. The van der Waals surface area contributed by atoms with Crippen molar-refractivity contribution >= 4 is 11.5 Å². The third-order valence-electron chi connectivity index (χ3n) is 7.71. The number of hydrogen-bond acceptors (Lipinski definition) is 8. The van der Waals surface area contributed by atoms with Gasteiger partial charge in [-0.2, -0.15) is 0 Å². The number of aliphatic hydroxyl groups is 1. The highest BCUT2D eigenvalue weighted by atomic mass is 16.3. The van der Waals surface area contributed by atoms with E-state index in [9.17, 15) is 9.90 Å². The first kappa shape index (κ1) is 29.7. The highest BCUT2D eigenvalue weighted by Crippen LogP contribution is 2.29. The van der Waals surface area contributed by atoms with Crippen LogP contribution in [0.25, 0.3) is 0 Å². The van der Waals surface area contributed by atoms with Crippen LogP contribution in [0.15, 0.2) is 4.99 Å². The molecule has 2 heterocycles. The summed E-state index contributed by atoms with van der Waals surface area (Å²) in [5, 5.41) is 28.4. The van der Waals surface area contributed by atoms with Crippen LogP contribution >= 0.6 is 0 Å². The van der Waals surface area contributed by atoms with E-state index in [2.05, 4.69) is 87.0 Å². The average molecular weight is 507 g/mol. The van der Waals surface area contributed by atoms with Crippen molar-refractivity contribution in [2.24, 2.45) is 4.99 Å². The topological polar surface area (TPSA) is 110 Å². The molecule has 0 amide bonds. The largest absolute Gasteiger partial charge is 0.385 e. The molecule has 0 bridgehead atoms. The molecule has 1 saturated carbocycles. The summed E-state index contributed by atoms with van der Waals surface area (Å²) in [5.74, 6) is -0.0490. The molecule has 3 aliphatic rings. The Morgan fingerprint density at radius 1 is 0.750 bits per heavy atom. The van der Waals surface area contributed by atoms with Gasteiger partial charge in [0.25, 0.3) is 0 Å². The van der Waals surface area contributed by atoms with Crippen LogP contribution in [0, 0.1) is 0 Å². The van der Waals surface area contributed by atoms with E-state index in [4.69, 9.17) is 0 Å². The van der Waals surface area contributed by atoms with Gasteiger partial charge >= 0.3 is 0 Å². The number of aliphatic imine (C=N–C) groups is 1. The summed E-state index contributed by atoms with van der Waals surface area (Å²) in [6.45, 7) is 21.1. The van der Waals surface area contributed by atoms with Gasteiger partial charge in [-0.25, -0.2) is 0 Å². The Kier molecular flexibility index (Phi) is 9.44. The molecule has 2 atom stereocenters. The fraction of sp³-hybridized carbons (Fsp3) is 0.929. The number of hydrogen-bond donors (Lipinski definition) is 6. The van der Waals surface area contributed by atoms with Gasteiger partial charge in [-0.05, 0) is 114 Å². The smallest absolute Gasteiger partial charge is 0.199 e. The molecular weight excluding hydrogens is 452 g/mol. The molecule has 208 valence electrons. The third-order valence-corrected chi connectivity index (χ3v) is 7.71. The molecule has 0 radical (unpaired) electrons. The summed E-state index contributed by atoms with van der Waals surface area (Å²) in [6, 6.07) is 0.474. The first-order chi connectivity index (χ1) is 16.6. The van der Waals surface area contributed by atoms with Crippen LogP contribution in [0.1, 0.15) is 93.9 Å². The molecule has 6 N–H and O–H groups in total. The van der Waals surface area contributed by atoms with Crippen molar-refractivity contribution in [1.82, 2.24) is 26.6 Å². The average Bonchev–Trinajstić information content (AvgIpc) is 2.68. The van der Waals surface area contributed by atoms with Gasteiger partial charge in [-0.1, -0.05) is 0 Å². The van der Waals surface area contributed by atoms with Crippen LogP contribution in [-0.4, -0.2) is 89.2 Å². The second-order valence-corrected chi connectivity index (χ2v) is 14.1. The zero-order valence-corrected chi connectivity index (χ0v) is 24.2. The Hall–Kier alpha value is -0.900. The number of nitrogens with one attached hydrogen (secondary N) is 5. The minimum Gasteiger partial charge on any atom is -0.385 e. The summed E-state index contributed by atoms with van der Waals surface area (Å²) in [5.41, 5.74) is 0.858. The van der Waals surface area contributed by atoms with Gasteiger partial charge in [0, 0.05) is 40.8 Å². The van der Waals surface area contributed by atoms with Gasteiger partial charge in [0.2, 0.25) is 0 Å². The van der Waals surface area contributed by atoms with Gasteiger partial charge in [-0.3, -0.25) is 9.79 Å². The molecular formula is C28H54N6O2. The van der Waals surface area contributed by atoms with Crippen LogP contribution in [0.2, 0.25) is 0 Å². The number of carbonyl (C=O) groups is 1. The molecule has 0 aromatic heterocycles. The number of aliphatic hydroxyl groups excluding tert-OH is 1. The van der Waals surface area contributed by atoms with E-state index >= 15 is 0 Å². The number of carbonyl (C=O) groups excluding carboxylic acids is 1. The molecule has 2 unspecified atom stereocenters. The molecule has 2 aliphatic heterocycles. The summed E-state index contributed by atoms with van der Waals surface area (Å²) in [6.07, 6.45) is 5.40. The summed E-state index contributed by atoms with van der Waals surface area (Å²) >= 11 is 0. The highest BCUT2D eigenvalue weighted by Gasteiger charge is 2.45. The van der Waals surface area contributed by atoms with Gasteiger partial charge in [0.05, 0.1) is 0 Å². The minimum atomic E-state index is -0.782. The van der Waals surface area contributed by atoms with Crippen LogP contribution in [-0.2, 0) is 4.79 Å². The first-order valence-corrected chi connectivity index (χ1v) is 14.1. The third kappa shape index (κ3) is 8.57. The molecule has 1 aliphatic carbocycles. The van der Waals surface area contributed by atoms with Crippen LogP contribution in [0.4, 0.5) is 0 Å². The maximum Gasteiger partial charge on any atom is 0.199 e. The van der Waals surface area contributed by atoms with E-state index in [0.717, 1.165) is 51.6 Å². The molecule has 8 heteroatoms. The molecule has 3 fully saturated rings. The van der Waals surface area contributed by atoms with Gasteiger partial charge in [0.15, 0.2) is 5.78 Å². The molecule has 36 heavy (non-hydrogen) atoms. The van der Waals surface area contributed by atoms with Crippen LogP contribution in [0.5, 0.6) is 0 Å². The SMILES string of the molecule is CC1(C)CC(NCCCN=C2C(=O)C(NCCCNC3CC(C)(C)NC(C)(C)C3)C2O)CC(C)(C)N1. The van der Waals surface area contributed by atoms with Gasteiger partial charge in [0.1, 0.15) is 17.9 Å². The lowest BCUT2D eigenvalue weighted by molar-refractivity contribution is -0.120. The maximum atomic E-state index is 12.5. The normalized spacial score (nSPS) is 30.9. The molecule has 3 rings (SSSR count). The van der Waals surface area contributed by atoms with E-state index in [1.54, 1.807) is 0 Å². The lowest BCUT2D eigenvalue weighted by Crippen LogP contribution is -2.64. The van der Waals surface area contributed by atoms with Crippen molar-refractivity contribution in [2.45, 2.75) is 140 Å². The minimum absolute atomic E-state index is 0.0490. The van der Waals surface area contributed by atoms with Crippen molar-refractivity contribution in [3.8, 4) is 0 Å². The van der Waals surface area contributed by atoms with Gasteiger partial charge < -0.3 is 31.7 Å². The Labute approximate surface area is 219 Å². The number of Topliss-reactive ketones (excluding diaryl/α,β-unsaturated/α-hetero) is 1. The van der Waals surface area contributed by atoms with Crippen molar-refractivity contribution in [2.75, 3.05) is 26.2 Å². The van der Waals surface area contributed by atoms with Crippen molar-refractivity contribution in [3.63, 3.8) is 0 Å². The monoisotopic (exact) mass is 506 g/mol. The molecule has 2 saturated heterocycles. The van der Waals surface area contributed by atoms with Crippen molar-refractivity contribution in [1.29, 1.82) is 0 Å². The molecule has 8 nitrogen and oxygen atoms in total. The standard InChI is InChI=1S/C28H54N6O2/c1-25(2)15-19(16-26(3,4)33-25)29-11-9-13-31-21-23(35)22(24(21)36)32-14-10-12-30-20-17-27(5,6)34-28(7,8)18-20/h19-21,23,29-31,33-35H,9-18H2,1-8H3. The second-order valence-electron chi connectivity index (χ2n) is 14.1. The van der Waals surface area contributed by atoms with E-state index < -0.39 is 12.1 Å². The fourth-order valence-corrected chi connectivity index (χ4v) is 7.06. The lowest BCUT2D eigenvalue weighted by atomic mass is 9.79. The number of nitrogens with zero attached hydrogens (tertiary/aromatic N) is 1. The zero-order chi connectivity index (χ0) is 26.8. The van der Waals surface area contributed by atoms with E-state index in [0.29, 0.717) is 30.9 Å². The van der Waals surface area contributed by atoms with Crippen LogP contribution in [0.3, 0.4) is 0 Å². The molecule has 0 spiro atoms. The second kappa shape index (κ2) is 11.5. The van der Waals surface area contributed by atoms with Crippen molar-refractivity contribution < 1.29 is 9.90 Å². The Morgan fingerprint density at radius 2 is 1.17 bits per heavy atom. The van der Waals surface area contributed by atoms with E-state index in [-0.39, 0.29) is 27.9 Å². The molecule has 0 aromatic rings. The van der Waals surface area contributed by atoms with Gasteiger partial charge in [-0.15, -0.1) is 0 Å². The molecule has 0 aromatic carbocycles. The zero-order valence-electron chi connectivity index (χ0n) is 24.2. The Balaban J connectivity index is 1.29. The summed E-state index contributed by atoms with van der Waals surface area (Å²) in [4.78, 5) is 16.9. The highest BCUT2D eigenvalue weighted by molar-refractivity contribution is 6.50. The maximum absolute atomic E-state index is 12.5. The summed E-state index contributed by atoms with van der Waals surface area (Å²) in [7, 11) is 0. The fourth-order valence-electron chi connectivity index (χ4n) is 7.06. The predicted molar refractivity (Wildman–Crippen MR) is 149 cm³/mol. The Morgan fingerprint density at radius 3 is 1.61 bits per heavy atom. The summed E-state index contributed by atoms with van der Waals surface area (Å²) < 4.78 is 0. The quantitative estimate of drug-likeness (QED) is 0.238. The Bertz CT molecular complexity index is 759. The van der Waals surface area contributed by atoms with E-state index in [1.165, 1.54) is 0 Å².